The maximum absolute atomic E-state index is 13.1. The summed E-state index contributed by atoms with van der Waals surface area (Å²) in [5.74, 6) is 1.33. The van der Waals surface area contributed by atoms with E-state index in [1.807, 2.05) is 71.1 Å². The Kier molecular flexibility index (Phi) is 5.43. The number of rotatable bonds is 7. The fourth-order valence-electron chi connectivity index (χ4n) is 3.52. The van der Waals surface area contributed by atoms with Gasteiger partial charge < -0.3 is 9.32 Å². The molecule has 0 spiro atoms. The molecule has 0 aliphatic heterocycles. The van der Waals surface area contributed by atoms with E-state index in [-0.39, 0.29) is 11.7 Å². The van der Waals surface area contributed by atoms with Crippen LogP contribution in [0.15, 0.2) is 95.2 Å². The molecule has 0 N–H and O–H groups in total. The van der Waals surface area contributed by atoms with Crippen molar-refractivity contribution in [2.75, 3.05) is 17.2 Å². The molecule has 0 saturated heterocycles. The molecule has 5 aromatic rings. The highest BCUT2D eigenvalue weighted by molar-refractivity contribution is 7.99. The van der Waals surface area contributed by atoms with Crippen LogP contribution in [-0.4, -0.2) is 37.8 Å². The zero-order chi connectivity index (χ0) is 21.9. The van der Waals surface area contributed by atoms with Crippen LogP contribution < -0.4 is 4.90 Å². The number of amides is 1. The Balaban J connectivity index is 1.52. The minimum Gasteiger partial charge on any atom is -0.461 e. The maximum Gasteiger partial charge on any atom is 0.237 e. The number of para-hydroxylation sites is 2. The number of hydrogen-bond acceptors (Lipinski definition) is 6. The molecular formula is C24H19N5O2S. The Morgan fingerprint density at radius 3 is 2.66 bits per heavy atom. The first-order valence-electron chi connectivity index (χ1n) is 10.0. The second-order valence-corrected chi connectivity index (χ2v) is 7.93. The van der Waals surface area contributed by atoms with Gasteiger partial charge in [0.1, 0.15) is 0 Å². The number of benzene rings is 2. The number of nitrogens with zero attached hydrogens (tertiary/aromatic N) is 5. The SMILES string of the molecule is C=CCN(C(=O)CSc1nnc2c3ccccc3nc(-c3ccco3)n12)c1ccccc1. The van der Waals surface area contributed by atoms with Crippen LogP contribution in [0.25, 0.3) is 28.1 Å². The third-order valence-electron chi connectivity index (χ3n) is 4.96. The van der Waals surface area contributed by atoms with Crippen LogP contribution in [0.3, 0.4) is 0 Å². The molecule has 0 atom stereocenters. The second kappa shape index (κ2) is 8.68. The van der Waals surface area contributed by atoms with Gasteiger partial charge in [-0.15, -0.1) is 16.8 Å². The van der Waals surface area contributed by atoms with Gasteiger partial charge in [-0.05, 0) is 36.4 Å². The summed E-state index contributed by atoms with van der Waals surface area (Å²) in [6, 6.07) is 21.0. The molecule has 0 unspecified atom stereocenters. The third-order valence-corrected chi connectivity index (χ3v) is 5.88. The molecule has 0 radical (unpaired) electrons. The predicted octanol–water partition coefficient (Wildman–Crippen LogP) is 4.85. The monoisotopic (exact) mass is 441 g/mol. The number of thioether (sulfide) groups is 1. The number of anilines is 1. The van der Waals surface area contributed by atoms with Gasteiger partial charge >= 0.3 is 0 Å². The van der Waals surface area contributed by atoms with E-state index in [1.54, 1.807) is 17.2 Å². The van der Waals surface area contributed by atoms with Gasteiger partial charge in [0.2, 0.25) is 5.91 Å². The largest absolute Gasteiger partial charge is 0.461 e. The van der Waals surface area contributed by atoms with Crippen molar-refractivity contribution in [1.29, 1.82) is 0 Å². The Labute approximate surface area is 188 Å². The zero-order valence-electron chi connectivity index (χ0n) is 17.1. The fourth-order valence-corrected chi connectivity index (χ4v) is 4.33. The summed E-state index contributed by atoms with van der Waals surface area (Å²) in [4.78, 5) is 19.5. The van der Waals surface area contributed by atoms with Crippen LogP contribution in [-0.2, 0) is 4.79 Å². The first kappa shape index (κ1) is 20.0. The number of aromatic nitrogens is 4. The molecule has 158 valence electrons. The first-order chi connectivity index (χ1) is 15.8. The van der Waals surface area contributed by atoms with Gasteiger partial charge in [0.15, 0.2) is 22.4 Å². The van der Waals surface area contributed by atoms with Crippen LogP contribution in [0.5, 0.6) is 0 Å². The minimum atomic E-state index is -0.0499. The molecule has 7 nitrogen and oxygen atoms in total. The van der Waals surface area contributed by atoms with Gasteiger partial charge in [-0.1, -0.05) is 48.2 Å². The average Bonchev–Trinajstić information content (AvgIpc) is 3.52. The van der Waals surface area contributed by atoms with Gasteiger partial charge in [-0.25, -0.2) is 4.98 Å². The number of furan rings is 1. The van der Waals surface area contributed by atoms with E-state index in [4.69, 9.17) is 9.40 Å². The standard InChI is InChI=1S/C24H19N5O2S/c1-2-14-28(17-9-4-3-5-10-17)21(30)16-32-24-27-26-22-18-11-6-7-12-19(18)25-23(29(22)24)20-13-8-15-31-20/h2-13,15H,1,14,16H2. The van der Waals surface area contributed by atoms with E-state index < -0.39 is 0 Å². The smallest absolute Gasteiger partial charge is 0.237 e. The molecule has 8 heteroatoms. The van der Waals surface area contributed by atoms with Crippen LogP contribution in [0.4, 0.5) is 5.69 Å². The van der Waals surface area contributed by atoms with Gasteiger partial charge in [-0.2, -0.15) is 0 Å². The topological polar surface area (TPSA) is 76.5 Å². The van der Waals surface area contributed by atoms with E-state index in [0.29, 0.717) is 28.9 Å². The molecular weight excluding hydrogens is 422 g/mol. The number of fused-ring (bicyclic) bond motifs is 3. The Morgan fingerprint density at radius 2 is 1.88 bits per heavy atom. The number of hydrogen-bond donors (Lipinski definition) is 0. The molecule has 3 aromatic heterocycles. The Bertz CT molecular complexity index is 1400. The number of carbonyl (C=O) groups excluding carboxylic acids is 1. The molecule has 1 amide bonds. The van der Waals surface area contributed by atoms with Crippen molar-refractivity contribution in [2.24, 2.45) is 0 Å². The molecule has 0 aliphatic rings. The molecule has 5 rings (SSSR count). The highest BCUT2D eigenvalue weighted by atomic mass is 32.2. The van der Waals surface area contributed by atoms with Crippen LogP contribution in [0.2, 0.25) is 0 Å². The van der Waals surface area contributed by atoms with Crippen LogP contribution in [0, 0.1) is 0 Å². The number of carbonyl (C=O) groups is 1. The van der Waals surface area contributed by atoms with Crippen molar-refractivity contribution in [3.63, 3.8) is 0 Å². The Hall–Kier alpha value is -3.91. The second-order valence-electron chi connectivity index (χ2n) is 6.99. The Morgan fingerprint density at radius 1 is 1.06 bits per heavy atom. The summed E-state index contributed by atoms with van der Waals surface area (Å²) in [6.45, 7) is 4.21. The van der Waals surface area contributed by atoms with Crippen molar-refractivity contribution in [3.05, 3.63) is 85.6 Å². The van der Waals surface area contributed by atoms with Gasteiger partial charge in [0.05, 0.1) is 17.5 Å². The van der Waals surface area contributed by atoms with Gasteiger partial charge in [-0.3, -0.25) is 9.20 Å². The molecule has 0 aliphatic carbocycles. The molecule has 0 saturated carbocycles. The van der Waals surface area contributed by atoms with Crippen molar-refractivity contribution in [2.45, 2.75) is 5.16 Å². The predicted molar refractivity (Wildman–Crippen MR) is 126 cm³/mol. The van der Waals surface area contributed by atoms with Crippen molar-refractivity contribution < 1.29 is 9.21 Å². The summed E-state index contributed by atoms with van der Waals surface area (Å²) in [6.07, 6.45) is 3.32. The normalized spacial score (nSPS) is 11.1. The van der Waals surface area contributed by atoms with Gasteiger partial charge in [0, 0.05) is 17.6 Å². The summed E-state index contributed by atoms with van der Waals surface area (Å²) in [7, 11) is 0. The summed E-state index contributed by atoms with van der Waals surface area (Å²) in [5, 5.41) is 10.2. The fraction of sp³-hybridized carbons (Fsp3) is 0.0833. The minimum absolute atomic E-state index is 0.0499. The average molecular weight is 442 g/mol. The van der Waals surface area contributed by atoms with E-state index in [2.05, 4.69) is 16.8 Å². The first-order valence-corrected chi connectivity index (χ1v) is 11.0. The van der Waals surface area contributed by atoms with E-state index in [9.17, 15) is 4.79 Å². The highest BCUT2D eigenvalue weighted by Gasteiger charge is 2.20. The maximum atomic E-state index is 13.1. The van der Waals surface area contributed by atoms with Crippen molar-refractivity contribution in [1.82, 2.24) is 19.6 Å². The van der Waals surface area contributed by atoms with Crippen molar-refractivity contribution in [3.8, 4) is 11.6 Å². The molecule has 0 fully saturated rings. The lowest BCUT2D eigenvalue weighted by Crippen LogP contribution is -2.32. The molecule has 0 bridgehead atoms. The van der Waals surface area contributed by atoms with Crippen molar-refractivity contribution >= 4 is 39.9 Å². The molecule has 32 heavy (non-hydrogen) atoms. The lowest BCUT2D eigenvalue weighted by Gasteiger charge is -2.21. The highest BCUT2D eigenvalue weighted by Crippen LogP contribution is 2.29. The van der Waals surface area contributed by atoms with E-state index in [1.165, 1.54) is 11.8 Å². The summed E-state index contributed by atoms with van der Waals surface area (Å²) in [5.41, 5.74) is 2.30. The third kappa shape index (κ3) is 3.65. The summed E-state index contributed by atoms with van der Waals surface area (Å²) >= 11 is 1.32. The van der Waals surface area contributed by atoms with E-state index in [0.717, 1.165) is 16.6 Å². The van der Waals surface area contributed by atoms with Crippen LogP contribution >= 0.6 is 11.8 Å². The van der Waals surface area contributed by atoms with Gasteiger partial charge in [0.25, 0.3) is 0 Å². The molecule has 2 aromatic carbocycles. The lowest BCUT2D eigenvalue weighted by atomic mass is 10.2. The quantitative estimate of drug-likeness (QED) is 0.265. The molecule has 3 heterocycles. The van der Waals surface area contributed by atoms with Crippen LogP contribution in [0.1, 0.15) is 0 Å². The van der Waals surface area contributed by atoms with E-state index >= 15 is 0 Å². The summed E-state index contributed by atoms with van der Waals surface area (Å²) < 4.78 is 7.47. The zero-order valence-corrected chi connectivity index (χ0v) is 17.9. The lowest BCUT2D eigenvalue weighted by molar-refractivity contribution is -0.116.